The van der Waals surface area contributed by atoms with E-state index in [0.29, 0.717) is 21.7 Å². The van der Waals surface area contributed by atoms with Crippen LogP contribution in [0.15, 0.2) is 66.0 Å². The lowest BCUT2D eigenvalue weighted by Crippen LogP contribution is -2.49. The minimum Gasteiger partial charge on any atom is -0.462 e. The maximum atomic E-state index is 12.8. The molecule has 0 aliphatic heterocycles. The standard InChI is InChI=1S/C22H19Cl3N2O3S/c1-2-30-20(29)17-16(14-9-5-3-6-10-14)13-31-19(17)27-21(22(23,24)25)26-18(28)15-11-7-4-8-12-15/h3-13,21,27H,2H2,1H3,(H,26,28)/t21-/m0/s1. The summed E-state index contributed by atoms with van der Waals surface area (Å²) in [6.07, 6.45) is -1.11. The average molecular weight is 498 g/mol. The van der Waals surface area contributed by atoms with E-state index in [4.69, 9.17) is 39.5 Å². The third-order valence-electron chi connectivity index (χ3n) is 4.27. The number of hydrogen-bond donors (Lipinski definition) is 2. The van der Waals surface area contributed by atoms with Gasteiger partial charge in [0.2, 0.25) is 3.79 Å². The normalized spacial score (nSPS) is 12.1. The molecular formula is C22H19Cl3N2O3S. The fourth-order valence-corrected chi connectivity index (χ4v) is 4.15. The molecule has 1 atom stereocenters. The molecule has 2 aromatic carbocycles. The van der Waals surface area contributed by atoms with Gasteiger partial charge < -0.3 is 15.4 Å². The van der Waals surface area contributed by atoms with Crippen molar-refractivity contribution in [2.24, 2.45) is 0 Å². The van der Waals surface area contributed by atoms with Crippen molar-refractivity contribution in [1.82, 2.24) is 5.32 Å². The topological polar surface area (TPSA) is 67.4 Å². The number of benzene rings is 2. The van der Waals surface area contributed by atoms with Gasteiger partial charge >= 0.3 is 5.97 Å². The highest BCUT2D eigenvalue weighted by Gasteiger charge is 2.36. The Morgan fingerprint density at radius 3 is 2.23 bits per heavy atom. The third-order valence-corrected chi connectivity index (χ3v) is 5.84. The molecule has 0 aliphatic carbocycles. The van der Waals surface area contributed by atoms with E-state index in [1.165, 1.54) is 11.3 Å². The van der Waals surface area contributed by atoms with Crippen molar-refractivity contribution in [1.29, 1.82) is 0 Å². The van der Waals surface area contributed by atoms with Crippen LogP contribution in [0.5, 0.6) is 0 Å². The molecule has 0 fully saturated rings. The molecule has 5 nitrogen and oxygen atoms in total. The van der Waals surface area contributed by atoms with Crippen LogP contribution in [0.4, 0.5) is 5.00 Å². The summed E-state index contributed by atoms with van der Waals surface area (Å²) in [5, 5.41) is 7.92. The minimum atomic E-state index is -1.90. The molecule has 9 heteroatoms. The van der Waals surface area contributed by atoms with Crippen LogP contribution in [0, 0.1) is 0 Å². The lowest BCUT2D eigenvalue weighted by Gasteiger charge is -2.27. The van der Waals surface area contributed by atoms with Crippen molar-refractivity contribution in [2.45, 2.75) is 16.9 Å². The van der Waals surface area contributed by atoms with Gasteiger partial charge in [-0.25, -0.2) is 4.79 Å². The Labute approximate surface area is 199 Å². The van der Waals surface area contributed by atoms with Crippen molar-refractivity contribution in [3.8, 4) is 11.1 Å². The van der Waals surface area contributed by atoms with Crippen LogP contribution in [0.2, 0.25) is 0 Å². The highest BCUT2D eigenvalue weighted by molar-refractivity contribution is 7.15. The van der Waals surface area contributed by atoms with Gasteiger partial charge in [0, 0.05) is 16.5 Å². The highest BCUT2D eigenvalue weighted by atomic mass is 35.6. The maximum Gasteiger partial charge on any atom is 0.341 e. The van der Waals surface area contributed by atoms with Gasteiger partial charge in [-0.2, -0.15) is 0 Å². The van der Waals surface area contributed by atoms with Crippen LogP contribution in [0.25, 0.3) is 11.1 Å². The Bertz CT molecular complexity index is 1040. The van der Waals surface area contributed by atoms with E-state index >= 15 is 0 Å². The molecule has 1 aromatic heterocycles. The molecule has 0 saturated heterocycles. The zero-order valence-corrected chi connectivity index (χ0v) is 19.5. The SMILES string of the molecule is CCOC(=O)c1c(-c2ccccc2)csc1N[C@H](NC(=O)c1ccccc1)C(Cl)(Cl)Cl. The zero-order valence-electron chi connectivity index (χ0n) is 16.4. The number of carbonyl (C=O) groups excluding carboxylic acids is 2. The number of ether oxygens (including phenoxy) is 1. The van der Waals surface area contributed by atoms with E-state index in [1.807, 2.05) is 35.7 Å². The van der Waals surface area contributed by atoms with Gasteiger partial charge in [0.05, 0.1) is 6.61 Å². The van der Waals surface area contributed by atoms with Crippen molar-refractivity contribution < 1.29 is 14.3 Å². The van der Waals surface area contributed by atoms with Gasteiger partial charge in [-0.1, -0.05) is 83.3 Å². The van der Waals surface area contributed by atoms with Crippen molar-refractivity contribution in [3.63, 3.8) is 0 Å². The Kier molecular flexibility index (Phi) is 7.84. The Balaban J connectivity index is 1.95. The van der Waals surface area contributed by atoms with Crippen LogP contribution >= 0.6 is 46.1 Å². The lowest BCUT2D eigenvalue weighted by molar-refractivity contribution is 0.0529. The van der Waals surface area contributed by atoms with E-state index in [9.17, 15) is 9.59 Å². The van der Waals surface area contributed by atoms with E-state index in [-0.39, 0.29) is 6.61 Å². The molecule has 0 radical (unpaired) electrons. The fourth-order valence-electron chi connectivity index (χ4n) is 2.84. The monoisotopic (exact) mass is 496 g/mol. The second-order valence-corrected chi connectivity index (χ2v) is 9.65. The molecule has 1 amide bonds. The molecule has 0 bridgehead atoms. The molecular weight excluding hydrogens is 479 g/mol. The highest BCUT2D eigenvalue weighted by Crippen LogP contribution is 2.39. The Hall–Kier alpha value is -2.25. The molecule has 0 saturated carbocycles. The van der Waals surface area contributed by atoms with E-state index < -0.39 is 21.8 Å². The Morgan fingerprint density at radius 2 is 1.65 bits per heavy atom. The molecule has 1 heterocycles. The van der Waals surface area contributed by atoms with Crippen molar-refractivity contribution in [2.75, 3.05) is 11.9 Å². The largest absolute Gasteiger partial charge is 0.462 e. The zero-order chi connectivity index (χ0) is 22.4. The first kappa shape index (κ1) is 23.4. The number of rotatable bonds is 7. The molecule has 0 unspecified atom stereocenters. The van der Waals surface area contributed by atoms with E-state index in [0.717, 1.165) is 5.56 Å². The number of carbonyl (C=O) groups is 2. The van der Waals surface area contributed by atoms with Gasteiger partial charge in [-0.05, 0) is 24.6 Å². The summed E-state index contributed by atoms with van der Waals surface area (Å²) < 4.78 is 3.35. The van der Waals surface area contributed by atoms with E-state index in [1.54, 1.807) is 37.3 Å². The number of nitrogens with one attached hydrogen (secondary N) is 2. The lowest BCUT2D eigenvalue weighted by atomic mass is 10.0. The van der Waals surface area contributed by atoms with Gasteiger partial charge in [0.15, 0.2) is 0 Å². The summed E-state index contributed by atoms with van der Waals surface area (Å²) in [7, 11) is 0. The summed E-state index contributed by atoms with van der Waals surface area (Å²) in [6, 6.07) is 18.0. The maximum absolute atomic E-state index is 12.8. The molecule has 0 spiro atoms. The molecule has 0 aliphatic rings. The first-order valence-corrected chi connectivity index (χ1v) is 11.4. The number of alkyl halides is 3. The van der Waals surface area contributed by atoms with Gasteiger partial charge in [0.1, 0.15) is 16.7 Å². The molecule has 2 N–H and O–H groups in total. The number of esters is 1. The van der Waals surface area contributed by atoms with Crippen molar-refractivity contribution >= 4 is 63.0 Å². The van der Waals surface area contributed by atoms with E-state index in [2.05, 4.69) is 10.6 Å². The first-order chi connectivity index (χ1) is 14.8. The van der Waals surface area contributed by atoms with Crippen LogP contribution in [0.1, 0.15) is 27.6 Å². The van der Waals surface area contributed by atoms with Gasteiger partial charge in [-0.15, -0.1) is 11.3 Å². The summed E-state index contributed by atoms with van der Waals surface area (Å²) >= 11 is 19.7. The fraction of sp³-hybridized carbons (Fsp3) is 0.182. The smallest absolute Gasteiger partial charge is 0.341 e. The second kappa shape index (κ2) is 10.4. The average Bonchev–Trinajstić information content (AvgIpc) is 3.18. The minimum absolute atomic E-state index is 0.209. The predicted molar refractivity (Wildman–Crippen MR) is 127 cm³/mol. The van der Waals surface area contributed by atoms with Crippen LogP contribution < -0.4 is 10.6 Å². The number of halogens is 3. The summed E-state index contributed by atoms with van der Waals surface area (Å²) in [6.45, 7) is 1.94. The molecule has 31 heavy (non-hydrogen) atoms. The van der Waals surface area contributed by atoms with Crippen LogP contribution in [-0.2, 0) is 4.74 Å². The van der Waals surface area contributed by atoms with Crippen molar-refractivity contribution in [3.05, 3.63) is 77.2 Å². The van der Waals surface area contributed by atoms with Crippen LogP contribution in [0.3, 0.4) is 0 Å². The predicted octanol–water partition coefficient (Wildman–Crippen LogP) is 6.13. The number of hydrogen-bond acceptors (Lipinski definition) is 5. The van der Waals surface area contributed by atoms with Gasteiger partial charge in [0.25, 0.3) is 5.91 Å². The van der Waals surface area contributed by atoms with Gasteiger partial charge in [-0.3, -0.25) is 4.79 Å². The number of anilines is 1. The third kappa shape index (κ3) is 5.92. The second-order valence-electron chi connectivity index (χ2n) is 6.40. The summed E-state index contributed by atoms with van der Waals surface area (Å²) in [5.41, 5.74) is 2.24. The summed E-state index contributed by atoms with van der Waals surface area (Å²) in [4.78, 5) is 25.4. The molecule has 3 aromatic rings. The summed E-state index contributed by atoms with van der Waals surface area (Å²) in [5.74, 6) is -0.940. The first-order valence-electron chi connectivity index (χ1n) is 9.34. The number of thiophene rings is 1. The molecule has 3 rings (SSSR count). The number of amides is 1. The Morgan fingerprint density at radius 1 is 1.03 bits per heavy atom. The quantitative estimate of drug-likeness (QED) is 0.234. The molecule has 162 valence electrons. The van der Waals surface area contributed by atoms with Crippen LogP contribution in [-0.4, -0.2) is 28.4 Å².